The van der Waals surface area contributed by atoms with E-state index in [1.807, 2.05) is 48.5 Å². The molecule has 1 atom stereocenters. The molecule has 1 aliphatic rings. The normalized spacial score (nSPS) is 12.7. The van der Waals surface area contributed by atoms with Gasteiger partial charge >= 0.3 is 12.1 Å². The van der Waals surface area contributed by atoms with Gasteiger partial charge in [-0.1, -0.05) is 48.5 Å². The number of ether oxygens (including phenoxy) is 2. The maximum absolute atomic E-state index is 12.5. The number of carboxylic acids is 1. The van der Waals surface area contributed by atoms with Crippen molar-refractivity contribution >= 4 is 23.9 Å². The number of benzene rings is 2. The lowest BCUT2D eigenvalue weighted by Gasteiger charge is -2.19. The molecule has 0 radical (unpaired) electrons. The predicted octanol–water partition coefficient (Wildman–Crippen LogP) is 1.25. The molecule has 0 spiro atoms. The summed E-state index contributed by atoms with van der Waals surface area (Å²) in [5.74, 6) is -2.60. The lowest BCUT2D eigenvalue weighted by atomic mass is 9.98. The van der Waals surface area contributed by atoms with E-state index in [-0.39, 0.29) is 25.6 Å². The van der Waals surface area contributed by atoms with Gasteiger partial charge in [0, 0.05) is 26.1 Å². The number of hydrogen-bond donors (Lipinski definition) is 4. The predicted molar refractivity (Wildman–Crippen MR) is 122 cm³/mol. The van der Waals surface area contributed by atoms with E-state index < -0.39 is 43.0 Å². The summed E-state index contributed by atoms with van der Waals surface area (Å²) in [6, 6.07) is 14.9. The van der Waals surface area contributed by atoms with E-state index in [0.29, 0.717) is 0 Å². The molecule has 0 heterocycles. The third-order valence-corrected chi connectivity index (χ3v) is 5.42. The minimum absolute atomic E-state index is 0.0933. The number of alkyl carbamates (subject to hydrolysis) is 1. The molecule has 2 aromatic carbocycles. The summed E-state index contributed by atoms with van der Waals surface area (Å²) in [4.78, 5) is 47.1. The van der Waals surface area contributed by atoms with Crippen LogP contribution in [0.25, 0.3) is 11.1 Å². The van der Waals surface area contributed by atoms with Crippen molar-refractivity contribution in [3.63, 3.8) is 0 Å². The van der Waals surface area contributed by atoms with Gasteiger partial charge < -0.3 is 30.5 Å². The van der Waals surface area contributed by atoms with Gasteiger partial charge in [-0.2, -0.15) is 0 Å². The van der Waals surface area contributed by atoms with Crippen LogP contribution in [0.15, 0.2) is 48.5 Å². The van der Waals surface area contributed by atoms with E-state index in [1.54, 1.807) is 0 Å². The van der Waals surface area contributed by atoms with Gasteiger partial charge in [0.15, 0.2) is 0 Å². The molecule has 0 saturated carbocycles. The molecular weight excluding hydrogens is 442 g/mol. The van der Waals surface area contributed by atoms with Crippen LogP contribution in [0, 0.1) is 0 Å². The highest BCUT2D eigenvalue weighted by Gasteiger charge is 2.29. The lowest BCUT2D eigenvalue weighted by Crippen LogP contribution is -2.50. The zero-order chi connectivity index (χ0) is 24.5. The minimum atomic E-state index is -1.20. The van der Waals surface area contributed by atoms with Crippen molar-refractivity contribution in [3.05, 3.63) is 59.7 Å². The van der Waals surface area contributed by atoms with Gasteiger partial charge in [-0.25, -0.2) is 4.79 Å². The fourth-order valence-corrected chi connectivity index (χ4v) is 3.81. The van der Waals surface area contributed by atoms with Crippen molar-refractivity contribution in [1.82, 2.24) is 16.0 Å². The van der Waals surface area contributed by atoms with Gasteiger partial charge in [0.25, 0.3) is 0 Å². The number of carbonyl (C=O) groups is 4. The number of amides is 3. The smallest absolute Gasteiger partial charge is 0.407 e. The fraction of sp³-hybridized carbons (Fsp3) is 0.333. The molecule has 1 unspecified atom stereocenters. The first kappa shape index (κ1) is 24.7. The Morgan fingerprint density at radius 1 is 0.941 bits per heavy atom. The quantitative estimate of drug-likeness (QED) is 0.388. The van der Waals surface area contributed by atoms with E-state index in [9.17, 15) is 19.2 Å². The molecule has 2 aromatic rings. The molecule has 0 aromatic heterocycles. The molecule has 0 bridgehead atoms. The molecule has 0 aliphatic heterocycles. The maximum atomic E-state index is 12.5. The van der Waals surface area contributed by atoms with Gasteiger partial charge in [0.2, 0.25) is 11.8 Å². The Kier molecular flexibility index (Phi) is 8.58. The van der Waals surface area contributed by atoms with Crippen LogP contribution >= 0.6 is 0 Å². The molecule has 4 N–H and O–H groups in total. The van der Waals surface area contributed by atoms with Crippen LogP contribution < -0.4 is 16.0 Å². The number of rotatable bonds is 11. The number of hydrogen-bond acceptors (Lipinski definition) is 6. The summed E-state index contributed by atoms with van der Waals surface area (Å²) in [7, 11) is 1.46. The largest absolute Gasteiger partial charge is 0.480 e. The van der Waals surface area contributed by atoms with Gasteiger partial charge in [-0.15, -0.1) is 0 Å². The molecule has 10 heteroatoms. The fourth-order valence-electron chi connectivity index (χ4n) is 3.81. The van der Waals surface area contributed by atoms with Crippen LogP contribution in [0.2, 0.25) is 0 Å². The van der Waals surface area contributed by atoms with Crippen LogP contribution in [0.1, 0.15) is 23.5 Å². The van der Waals surface area contributed by atoms with Crippen LogP contribution in [-0.4, -0.2) is 68.4 Å². The molecule has 0 fully saturated rings. The average molecular weight is 469 g/mol. The number of fused-ring (bicyclic) bond motifs is 3. The molecule has 3 amide bonds. The van der Waals surface area contributed by atoms with E-state index in [0.717, 1.165) is 22.3 Å². The van der Waals surface area contributed by atoms with E-state index in [1.165, 1.54) is 7.11 Å². The Labute approximate surface area is 196 Å². The summed E-state index contributed by atoms with van der Waals surface area (Å²) in [6.07, 6.45) is -0.614. The van der Waals surface area contributed by atoms with Crippen LogP contribution in [0.5, 0.6) is 0 Å². The van der Waals surface area contributed by atoms with Crippen molar-refractivity contribution in [3.8, 4) is 11.1 Å². The Bertz CT molecular complexity index is 1010. The second-order valence-electron chi connectivity index (χ2n) is 7.69. The summed E-state index contributed by atoms with van der Waals surface area (Å²) in [6.45, 7) is -0.704. The molecule has 34 heavy (non-hydrogen) atoms. The van der Waals surface area contributed by atoms with Crippen molar-refractivity contribution in [2.24, 2.45) is 0 Å². The summed E-state index contributed by atoms with van der Waals surface area (Å²) in [5.41, 5.74) is 4.34. The standard InChI is InChI=1S/C24H27N3O7/c1-33-11-10-20(23(31)26-12-21(28)25-13-22(29)30)27-24(32)34-14-19-17-8-4-2-6-15(17)16-7-3-5-9-18(16)19/h2-9,19-20H,10-14H2,1H3,(H,25,28)(H,26,31)(H,27,32)(H,29,30). The van der Waals surface area contributed by atoms with Gasteiger partial charge in [0.1, 0.15) is 19.2 Å². The van der Waals surface area contributed by atoms with Crippen LogP contribution in [-0.2, 0) is 23.9 Å². The second kappa shape index (κ2) is 11.8. The molecular formula is C24H27N3O7. The summed E-state index contributed by atoms with van der Waals surface area (Å²) < 4.78 is 10.5. The van der Waals surface area contributed by atoms with Crippen molar-refractivity contribution in [2.45, 2.75) is 18.4 Å². The number of nitrogens with one attached hydrogen (secondary N) is 3. The van der Waals surface area contributed by atoms with Crippen molar-refractivity contribution in [2.75, 3.05) is 33.4 Å². The number of aliphatic carboxylic acids is 1. The first-order valence-corrected chi connectivity index (χ1v) is 10.8. The Morgan fingerprint density at radius 3 is 2.15 bits per heavy atom. The van der Waals surface area contributed by atoms with Gasteiger partial charge in [-0.05, 0) is 22.3 Å². The highest BCUT2D eigenvalue weighted by Crippen LogP contribution is 2.44. The van der Waals surface area contributed by atoms with E-state index in [2.05, 4.69) is 16.0 Å². The third-order valence-electron chi connectivity index (χ3n) is 5.42. The number of carboxylic acid groups (broad SMARTS) is 1. The molecule has 1 aliphatic carbocycles. The Hall–Kier alpha value is -3.92. The molecule has 10 nitrogen and oxygen atoms in total. The summed E-state index contributed by atoms with van der Waals surface area (Å²) in [5, 5.41) is 15.6. The Balaban J connectivity index is 1.57. The monoisotopic (exact) mass is 469 g/mol. The first-order valence-electron chi connectivity index (χ1n) is 10.8. The first-order chi connectivity index (χ1) is 16.4. The molecule has 3 rings (SSSR count). The number of methoxy groups -OCH3 is 1. The lowest BCUT2D eigenvalue weighted by molar-refractivity contribution is -0.137. The Morgan fingerprint density at radius 2 is 1.56 bits per heavy atom. The SMILES string of the molecule is COCCC(NC(=O)OCC1c2ccccc2-c2ccccc21)C(=O)NCC(=O)NCC(=O)O. The minimum Gasteiger partial charge on any atom is -0.480 e. The second-order valence-corrected chi connectivity index (χ2v) is 7.69. The van der Waals surface area contributed by atoms with Crippen LogP contribution in [0.4, 0.5) is 4.79 Å². The molecule has 180 valence electrons. The molecule has 0 saturated heterocycles. The maximum Gasteiger partial charge on any atom is 0.407 e. The topological polar surface area (TPSA) is 143 Å². The number of carbonyl (C=O) groups excluding carboxylic acids is 3. The van der Waals surface area contributed by atoms with Gasteiger partial charge in [-0.3, -0.25) is 14.4 Å². The van der Waals surface area contributed by atoms with Crippen LogP contribution in [0.3, 0.4) is 0 Å². The third kappa shape index (κ3) is 6.32. The zero-order valence-electron chi connectivity index (χ0n) is 18.7. The van der Waals surface area contributed by atoms with E-state index >= 15 is 0 Å². The average Bonchev–Trinajstić information content (AvgIpc) is 3.16. The van der Waals surface area contributed by atoms with Gasteiger partial charge in [0.05, 0.1) is 6.54 Å². The summed E-state index contributed by atoms with van der Waals surface area (Å²) >= 11 is 0. The highest BCUT2D eigenvalue weighted by molar-refractivity contribution is 5.90. The van der Waals surface area contributed by atoms with Crippen molar-refractivity contribution in [1.29, 1.82) is 0 Å². The highest BCUT2D eigenvalue weighted by atomic mass is 16.5. The zero-order valence-corrected chi connectivity index (χ0v) is 18.7. The van der Waals surface area contributed by atoms with Crippen molar-refractivity contribution < 1.29 is 33.8 Å². The van der Waals surface area contributed by atoms with E-state index in [4.69, 9.17) is 14.6 Å².